The Kier molecular flexibility index (Phi) is 7.04. The smallest absolute Gasteiger partial charge is 0.220 e. The SMILES string of the molecule is O=C(CCc1c(-c2ccc(F)cc2)[nH]c2ccccc12)NCC(c1cccs1)N1CCOCC1. The van der Waals surface area contributed by atoms with Gasteiger partial charge in [0.05, 0.1) is 19.3 Å². The van der Waals surface area contributed by atoms with E-state index in [1.165, 1.54) is 17.0 Å². The third kappa shape index (κ3) is 5.06. The summed E-state index contributed by atoms with van der Waals surface area (Å²) in [7, 11) is 0. The molecular weight excluding hydrogens is 449 g/mol. The lowest BCUT2D eigenvalue weighted by Crippen LogP contribution is -2.43. The first kappa shape index (κ1) is 22.8. The Morgan fingerprint density at radius 3 is 2.65 bits per heavy atom. The number of nitrogens with one attached hydrogen (secondary N) is 2. The Balaban J connectivity index is 1.29. The highest BCUT2D eigenvalue weighted by Gasteiger charge is 2.24. The van der Waals surface area contributed by atoms with Gasteiger partial charge in [-0.2, -0.15) is 0 Å². The molecule has 7 heteroatoms. The number of fused-ring (bicyclic) bond motifs is 1. The normalized spacial score (nSPS) is 15.4. The Morgan fingerprint density at radius 1 is 1.09 bits per heavy atom. The number of para-hydroxylation sites is 1. The van der Waals surface area contributed by atoms with Crippen LogP contribution in [0.4, 0.5) is 4.39 Å². The van der Waals surface area contributed by atoms with Gasteiger partial charge in [-0.3, -0.25) is 9.69 Å². The number of hydrogen-bond donors (Lipinski definition) is 2. The van der Waals surface area contributed by atoms with Gasteiger partial charge in [-0.15, -0.1) is 11.3 Å². The van der Waals surface area contributed by atoms with Crippen LogP contribution in [0, 0.1) is 5.82 Å². The van der Waals surface area contributed by atoms with Gasteiger partial charge in [0, 0.05) is 47.5 Å². The van der Waals surface area contributed by atoms with Crippen molar-refractivity contribution in [3.05, 3.63) is 82.3 Å². The second-order valence-corrected chi connectivity index (χ2v) is 9.49. The molecule has 1 fully saturated rings. The monoisotopic (exact) mass is 477 g/mol. The average Bonchev–Trinajstić information content (AvgIpc) is 3.52. The minimum atomic E-state index is -0.263. The number of aromatic nitrogens is 1. The number of thiophene rings is 1. The molecule has 4 aromatic rings. The molecule has 1 saturated heterocycles. The molecule has 0 aliphatic carbocycles. The number of ether oxygens (including phenoxy) is 1. The van der Waals surface area contributed by atoms with Crippen molar-refractivity contribution in [2.75, 3.05) is 32.8 Å². The van der Waals surface area contributed by atoms with E-state index in [0.717, 1.165) is 54.0 Å². The Morgan fingerprint density at radius 2 is 1.88 bits per heavy atom. The zero-order valence-corrected chi connectivity index (χ0v) is 19.7. The number of aromatic amines is 1. The van der Waals surface area contributed by atoms with Crippen molar-refractivity contribution in [1.82, 2.24) is 15.2 Å². The third-order valence-corrected chi connectivity index (χ3v) is 7.37. The minimum Gasteiger partial charge on any atom is -0.379 e. The van der Waals surface area contributed by atoms with E-state index in [2.05, 4.69) is 38.8 Å². The van der Waals surface area contributed by atoms with E-state index in [-0.39, 0.29) is 17.8 Å². The van der Waals surface area contributed by atoms with Gasteiger partial charge in [0.2, 0.25) is 5.91 Å². The molecule has 0 bridgehead atoms. The molecule has 1 aliphatic rings. The van der Waals surface area contributed by atoms with Gasteiger partial charge in [0.1, 0.15) is 5.82 Å². The summed E-state index contributed by atoms with van der Waals surface area (Å²) in [6, 6.07) is 18.9. The van der Waals surface area contributed by atoms with Gasteiger partial charge < -0.3 is 15.0 Å². The number of amides is 1. The fraction of sp³-hybridized carbons (Fsp3) is 0.296. The van der Waals surface area contributed by atoms with E-state index in [1.54, 1.807) is 23.5 Å². The molecule has 1 aliphatic heterocycles. The highest BCUT2D eigenvalue weighted by Crippen LogP contribution is 2.31. The maximum Gasteiger partial charge on any atom is 0.220 e. The van der Waals surface area contributed by atoms with Crippen LogP contribution in [0.3, 0.4) is 0 Å². The van der Waals surface area contributed by atoms with E-state index >= 15 is 0 Å². The molecule has 2 N–H and O–H groups in total. The van der Waals surface area contributed by atoms with Gasteiger partial charge in [-0.1, -0.05) is 24.3 Å². The summed E-state index contributed by atoms with van der Waals surface area (Å²) < 4.78 is 19.0. The van der Waals surface area contributed by atoms with Crippen LogP contribution < -0.4 is 5.32 Å². The molecule has 1 unspecified atom stereocenters. The largest absolute Gasteiger partial charge is 0.379 e. The molecule has 2 aromatic heterocycles. The van der Waals surface area contributed by atoms with Gasteiger partial charge >= 0.3 is 0 Å². The summed E-state index contributed by atoms with van der Waals surface area (Å²) in [5.41, 5.74) is 3.96. The number of hydrogen-bond acceptors (Lipinski definition) is 4. The summed E-state index contributed by atoms with van der Waals surface area (Å²) in [4.78, 5) is 20.0. The first-order valence-corrected chi connectivity index (χ1v) is 12.5. The van der Waals surface area contributed by atoms with Crippen molar-refractivity contribution in [2.24, 2.45) is 0 Å². The van der Waals surface area contributed by atoms with Crippen LogP contribution >= 0.6 is 11.3 Å². The summed E-state index contributed by atoms with van der Waals surface area (Å²) in [6.45, 7) is 3.77. The highest BCUT2D eigenvalue weighted by atomic mass is 32.1. The molecule has 5 rings (SSSR count). The average molecular weight is 478 g/mol. The van der Waals surface area contributed by atoms with Gasteiger partial charge in [0.25, 0.3) is 0 Å². The van der Waals surface area contributed by atoms with E-state index in [4.69, 9.17) is 4.74 Å². The lowest BCUT2D eigenvalue weighted by atomic mass is 10.0. The maximum atomic E-state index is 13.5. The minimum absolute atomic E-state index is 0.0325. The molecule has 34 heavy (non-hydrogen) atoms. The molecule has 0 radical (unpaired) electrons. The second-order valence-electron chi connectivity index (χ2n) is 8.51. The number of carbonyl (C=O) groups is 1. The van der Waals surface area contributed by atoms with Crippen LogP contribution in [-0.4, -0.2) is 48.6 Å². The van der Waals surface area contributed by atoms with Crippen LogP contribution in [0.2, 0.25) is 0 Å². The predicted octanol–water partition coefficient (Wildman–Crippen LogP) is 5.16. The van der Waals surface area contributed by atoms with Crippen LogP contribution in [0.1, 0.15) is 22.9 Å². The van der Waals surface area contributed by atoms with Crippen molar-refractivity contribution in [3.8, 4) is 11.3 Å². The zero-order chi connectivity index (χ0) is 23.3. The lowest BCUT2D eigenvalue weighted by Gasteiger charge is -2.34. The fourth-order valence-corrected chi connectivity index (χ4v) is 5.50. The number of halogens is 1. The summed E-state index contributed by atoms with van der Waals surface area (Å²) in [5, 5.41) is 6.35. The quantitative estimate of drug-likeness (QED) is 0.369. The molecular formula is C27H28FN3O2S. The molecule has 0 saturated carbocycles. The third-order valence-electron chi connectivity index (χ3n) is 6.40. The molecule has 176 valence electrons. The molecule has 0 spiro atoms. The molecule has 1 amide bonds. The zero-order valence-electron chi connectivity index (χ0n) is 18.9. The van der Waals surface area contributed by atoms with Gasteiger partial charge in [-0.25, -0.2) is 4.39 Å². The fourth-order valence-electron chi connectivity index (χ4n) is 4.64. The first-order chi connectivity index (χ1) is 16.7. The second kappa shape index (κ2) is 10.5. The Hall–Kier alpha value is -3.00. The topological polar surface area (TPSA) is 57.4 Å². The first-order valence-electron chi connectivity index (χ1n) is 11.7. The number of H-pyrrole nitrogens is 1. The number of benzene rings is 2. The number of morpholine rings is 1. The number of carbonyl (C=O) groups excluding carboxylic acids is 1. The van der Waals surface area contributed by atoms with Crippen molar-refractivity contribution in [1.29, 1.82) is 0 Å². The van der Waals surface area contributed by atoms with Crippen LogP contribution in [-0.2, 0) is 16.0 Å². The molecule has 2 aromatic carbocycles. The van der Waals surface area contributed by atoms with Crippen LogP contribution in [0.15, 0.2) is 66.0 Å². The number of nitrogens with zero attached hydrogens (tertiary/aromatic N) is 1. The van der Waals surface area contributed by atoms with E-state index in [9.17, 15) is 9.18 Å². The van der Waals surface area contributed by atoms with E-state index < -0.39 is 0 Å². The van der Waals surface area contributed by atoms with Gasteiger partial charge in [-0.05, 0) is 59.3 Å². The highest BCUT2D eigenvalue weighted by molar-refractivity contribution is 7.10. The predicted molar refractivity (Wildman–Crippen MR) is 134 cm³/mol. The summed E-state index contributed by atoms with van der Waals surface area (Å²) in [6.07, 6.45) is 0.986. The van der Waals surface area contributed by atoms with E-state index in [1.807, 2.05) is 18.2 Å². The van der Waals surface area contributed by atoms with Crippen LogP contribution in [0.25, 0.3) is 22.2 Å². The van der Waals surface area contributed by atoms with Crippen LogP contribution in [0.5, 0.6) is 0 Å². The summed E-state index contributed by atoms with van der Waals surface area (Å²) in [5.74, 6) is -0.230. The molecule has 3 heterocycles. The van der Waals surface area contributed by atoms with Crippen molar-refractivity contribution in [2.45, 2.75) is 18.9 Å². The lowest BCUT2D eigenvalue weighted by molar-refractivity contribution is -0.121. The van der Waals surface area contributed by atoms with E-state index in [0.29, 0.717) is 19.4 Å². The number of rotatable bonds is 8. The summed E-state index contributed by atoms with van der Waals surface area (Å²) >= 11 is 1.73. The Labute approximate surface area is 202 Å². The van der Waals surface area contributed by atoms with Crippen molar-refractivity contribution >= 4 is 28.1 Å². The maximum absolute atomic E-state index is 13.5. The standard InChI is InChI=1S/C27H28FN3O2S/c28-20-9-7-19(8-10-20)27-22(21-4-1-2-5-23(21)30-27)11-12-26(32)29-18-24(25-6-3-17-34-25)31-13-15-33-16-14-31/h1-10,17,24,30H,11-16,18H2,(H,29,32). The number of aryl methyl sites for hydroxylation is 1. The Bertz CT molecular complexity index is 1230. The van der Waals surface area contributed by atoms with Crippen molar-refractivity contribution < 1.29 is 13.9 Å². The van der Waals surface area contributed by atoms with Crippen molar-refractivity contribution in [3.63, 3.8) is 0 Å². The van der Waals surface area contributed by atoms with Gasteiger partial charge in [0.15, 0.2) is 0 Å². The molecule has 5 nitrogen and oxygen atoms in total. The molecule has 1 atom stereocenters.